The lowest BCUT2D eigenvalue weighted by molar-refractivity contribution is -0.133. The topological polar surface area (TPSA) is 55.8 Å². The Morgan fingerprint density at radius 3 is 2.56 bits per heavy atom. The maximum atomic E-state index is 11.8. The minimum atomic E-state index is -0.720. The Kier molecular flexibility index (Phi) is 2.45. The predicted octanol–water partition coefficient (Wildman–Crippen LogP) is 0.965. The number of ether oxygens (including phenoxy) is 2. The number of ketones is 1. The van der Waals surface area contributed by atoms with E-state index in [-0.39, 0.29) is 12.4 Å². The van der Waals surface area contributed by atoms with E-state index in [9.17, 15) is 9.59 Å². The lowest BCUT2D eigenvalue weighted by atomic mass is 9.83. The molecule has 0 radical (unpaired) electrons. The molecule has 1 unspecified atom stereocenters. The van der Waals surface area contributed by atoms with Gasteiger partial charge in [0.25, 0.3) is 0 Å². The highest BCUT2D eigenvalue weighted by Gasteiger charge is 2.57. The van der Waals surface area contributed by atoms with Gasteiger partial charge < -0.3 is 9.47 Å². The molecular formula is C11H17NO4. The van der Waals surface area contributed by atoms with Crippen molar-refractivity contribution in [2.75, 3.05) is 19.8 Å². The fourth-order valence-electron chi connectivity index (χ4n) is 2.04. The number of carbonyl (C=O) groups excluding carboxylic acids is 2. The van der Waals surface area contributed by atoms with Crippen molar-refractivity contribution in [2.45, 2.75) is 38.3 Å². The standard InChI is InChI=1S/C11H17NO4/c1-10(2,3)16-9(14)12-5-4-11(12)7-15-6-8(11)13/h4-7H2,1-3H3. The lowest BCUT2D eigenvalue weighted by Gasteiger charge is -2.47. The largest absolute Gasteiger partial charge is 0.444 e. The minimum absolute atomic E-state index is 0.00962. The zero-order valence-corrected chi connectivity index (χ0v) is 9.91. The van der Waals surface area contributed by atoms with Gasteiger partial charge in [-0.1, -0.05) is 0 Å². The van der Waals surface area contributed by atoms with Crippen LogP contribution in [0.15, 0.2) is 0 Å². The van der Waals surface area contributed by atoms with E-state index >= 15 is 0 Å². The van der Waals surface area contributed by atoms with Crippen LogP contribution in [0.1, 0.15) is 27.2 Å². The van der Waals surface area contributed by atoms with Crippen LogP contribution >= 0.6 is 0 Å². The van der Waals surface area contributed by atoms with Gasteiger partial charge in [-0.15, -0.1) is 0 Å². The zero-order chi connectivity index (χ0) is 12.0. The van der Waals surface area contributed by atoms with E-state index in [2.05, 4.69) is 0 Å². The first-order valence-electron chi connectivity index (χ1n) is 5.47. The number of hydrogen-bond donors (Lipinski definition) is 0. The van der Waals surface area contributed by atoms with Crippen molar-refractivity contribution in [2.24, 2.45) is 0 Å². The van der Waals surface area contributed by atoms with Gasteiger partial charge in [-0.25, -0.2) is 4.79 Å². The molecule has 5 nitrogen and oxygen atoms in total. The summed E-state index contributed by atoms with van der Waals surface area (Å²) < 4.78 is 10.4. The van der Waals surface area contributed by atoms with E-state index in [1.54, 1.807) is 0 Å². The second kappa shape index (κ2) is 3.45. The first kappa shape index (κ1) is 11.4. The Hall–Kier alpha value is -1.10. The van der Waals surface area contributed by atoms with Crippen LogP contribution in [0.4, 0.5) is 4.79 Å². The summed E-state index contributed by atoms with van der Waals surface area (Å²) in [4.78, 5) is 25.0. The fraction of sp³-hybridized carbons (Fsp3) is 0.818. The van der Waals surface area contributed by atoms with Crippen LogP contribution in [0.25, 0.3) is 0 Å². The molecule has 1 spiro atoms. The molecule has 2 fully saturated rings. The average molecular weight is 227 g/mol. The highest BCUT2D eigenvalue weighted by molar-refractivity contribution is 5.95. The van der Waals surface area contributed by atoms with Crippen molar-refractivity contribution >= 4 is 11.9 Å². The summed E-state index contributed by atoms with van der Waals surface area (Å²) in [6.07, 6.45) is 0.267. The monoisotopic (exact) mass is 227 g/mol. The number of amides is 1. The third-order valence-electron chi connectivity index (χ3n) is 2.97. The number of nitrogens with zero attached hydrogens (tertiary/aromatic N) is 1. The van der Waals surface area contributed by atoms with Gasteiger partial charge >= 0.3 is 6.09 Å². The third kappa shape index (κ3) is 1.69. The summed E-state index contributed by atoms with van der Waals surface area (Å²) in [6, 6.07) is 0. The molecule has 0 saturated carbocycles. The van der Waals surface area contributed by atoms with Crippen LogP contribution in [0, 0.1) is 0 Å². The molecule has 2 rings (SSSR count). The van der Waals surface area contributed by atoms with Crippen LogP contribution in [0.5, 0.6) is 0 Å². The van der Waals surface area contributed by atoms with Crippen molar-refractivity contribution in [3.05, 3.63) is 0 Å². The Balaban J connectivity index is 2.06. The highest BCUT2D eigenvalue weighted by Crippen LogP contribution is 2.36. The van der Waals surface area contributed by atoms with Crippen LogP contribution in [-0.4, -0.2) is 47.7 Å². The third-order valence-corrected chi connectivity index (χ3v) is 2.97. The van der Waals surface area contributed by atoms with Crippen molar-refractivity contribution in [3.8, 4) is 0 Å². The number of carbonyl (C=O) groups is 2. The van der Waals surface area contributed by atoms with E-state index in [1.165, 1.54) is 4.90 Å². The molecule has 2 heterocycles. The Bertz CT molecular complexity index is 333. The quantitative estimate of drug-likeness (QED) is 0.618. The molecule has 1 atom stereocenters. The van der Waals surface area contributed by atoms with Crippen LogP contribution in [-0.2, 0) is 14.3 Å². The Morgan fingerprint density at radius 1 is 1.50 bits per heavy atom. The molecule has 0 aromatic rings. The number of rotatable bonds is 0. The number of likely N-dealkylation sites (tertiary alicyclic amines) is 1. The van der Waals surface area contributed by atoms with E-state index in [0.29, 0.717) is 19.6 Å². The molecule has 90 valence electrons. The summed E-state index contributed by atoms with van der Waals surface area (Å²) in [5.74, 6) is -0.00962. The maximum Gasteiger partial charge on any atom is 0.411 e. The van der Waals surface area contributed by atoms with E-state index in [4.69, 9.17) is 9.47 Å². The first-order chi connectivity index (χ1) is 7.35. The normalized spacial score (nSPS) is 29.4. The van der Waals surface area contributed by atoms with Crippen LogP contribution in [0.2, 0.25) is 0 Å². The second-order valence-electron chi connectivity index (χ2n) is 5.33. The van der Waals surface area contributed by atoms with Crippen LogP contribution < -0.4 is 0 Å². The summed E-state index contributed by atoms with van der Waals surface area (Å²) in [5, 5.41) is 0. The van der Waals surface area contributed by atoms with Gasteiger partial charge in [0.2, 0.25) is 0 Å². The first-order valence-corrected chi connectivity index (χ1v) is 5.47. The maximum absolute atomic E-state index is 11.8. The molecule has 0 aromatic heterocycles. The molecule has 0 aliphatic carbocycles. The zero-order valence-electron chi connectivity index (χ0n) is 9.91. The molecule has 2 aliphatic heterocycles. The van der Waals surface area contributed by atoms with Gasteiger partial charge in [0, 0.05) is 6.54 Å². The molecule has 1 amide bonds. The summed E-state index contributed by atoms with van der Waals surface area (Å²) in [7, 11) is 0. The smallest absolute Gasteiger partial charge is 0.411 e. The average Bonchev–Trinajstić information content (AvgIpc) is 2.43. The van der Waals surface area contributed by atoms with Crippen molar-refractivity contribution in [1.82, 2.24) is 4.90 Å². The fourth-order valence-corrected chi connectivity index (χ4v) is 2.04. The van der Waals surface area contributed by atoms with Gasteiger partial charge in [0.1, 0.15) is 17.7 Å². The van der Waals surface area contributed by atoms with Gasteiger partial charge in [-0.3, -0.25) is 9.69 Å². The van der Waals surface area contributed by atoms with Gasteiger partial charge in [0.05, 0.1) is 6.61 Å². The summed E-state index contributed by atoms with van der Waals surface area (Å²) in [6.45, 7) is 6.42. The molecule has 16 heavy (non-hydrogen) atoms. The van der Waals surface area contributed by atoms with Crippen LogP contribution in [0.3, 0.4) is 0 Å². The van der Waals surface area contributed by atoms with Gasteiger partial charge in [-0.05, 0) is 27.2 Å². The molecule has 5 heteroatoms. The van der Waals surface area contributed by atoms with E-state index in [0.717, 1.165) is 0 Å². The van der Waals surface area contributed by atoms with E-state index < -0.39 is 17.2 Å². The SMILES string of the molecule is CC(C)(C)OC(=O)N1CCC12COCC2=O. The van der Waals surface area contributed by atoms with Gasteiger partial charge in [0.15, 0.2) is 5.78 Å². The number of Topliss-reactive ketones (excluding diaryl/α,β-unsaturated/α-hetero) is 1. The van der Waals surface area contributed by atoms with Crippen molar-refractivity contribution in [3.63, 3.8) is 0 Å². The number of hydrogen-bond acceptors (Lipinski definition) is 4. The second-order valence-corrected chi connectivity index (χ2v) is 5.33. The van der Waals surface area contributed by atoms with Gasteiger partial charge in [-0.2, -0.15) is 0 Å². The Labute approximate surface area is 94.7 Å². The summed E-state index contributed by atoms with van der Waals surface area (Å²) >= 11 is 0. The van der Waals surface area contributed by atoms with E-state index in [1.807, 2.05) is 20.8 Å². The lowest BCUT2D eigenvalue weighted by Crippen LogP contribution is -2.67. The molecule has 0 aromatic carbocycles. The molecular weight excluding hydrogens is 210 g/mol. The molecule has 2 saturated heterocycles. The predicted molar refractivity (Wildman–Crippen MR) is 56.1 cm³/mol. The summed E-state index contributed by atoms with van der Waals surface area (Å²) in [5.41, 5.74) is -1.25. The minimum Gasteiger partial charge on any atom is -0.444 e. The highest BCUT2D eigenvalue weighted by atomic mass is 16.6. The molecule has 0 N–H and O–H groups in total. The molecule has 0 bridgehead atoms. The Morgan fingerprint density at radius 2 is 2.19 bits per heavy atom. The molecule has 2 aliphatic rings. The van der Waals surface area contributed by atoms with Crippen molar-refractivity contribution in [1.29, 1.82) is 0 Å². The van der Waals surface area contributed by atoms with Crippen molar-refractivity contribution < 1.29 is 19.1 Å².